The summed E-state index contributed by atoms with van der Waals surface area (Å²) in [5.41, 5.74) is 3.11. The molecule has 0 aliphatic carbocycles. The number of nitrogens with zero attached hydrogens (tertiary/aromatic N) is 3. The topological polar surface area (TPSA) is 157 Å². The van der Waals surface area contributed by atoms with Crippen molar-refractivity contribution in [2.75, 3.05) is 5.32 Å². The highest BCUT2D eigenvalue weighted by molar-refractivity contribution is 7.16. The van der Waals surface area contributed by atoms with Crippen LogP contribution in [0.1, 0.15) is 23.3 Å². The first-order valence-electron chi connectivity index (χ1n) is 7.87. The predicted octanol–water partition coefficient (Wildman–Crippen LogP) is 2.74. The van der Waals surface area contributed by atoms with Crippen LogP contribution in [0.2, 0.25) is 0 Å². The number of thiophene rings is 1. The summed E-state index contributed by atoms with van der Waals surface area (Å²) in [7, 11) is 0. The zero-order valence-corrected chi connectivity index (χ0v) is 15.4. The van der Waals surface area contributed by atoms with E-state index in [0.29, 0.717) is 16.1 Å². The number of nitro groups is 2. The number of aryl methyl sites for hydroxylation is 1. The fraction of sp³-hybridized carbons (Fsp3) is 0.188. The molecule has 1 aromatic carbocycles. The van der Waals surface area contributed by atoms with Crippen LogP contribution < -0.4 is 10.7 Å². The Morgan fingerprint density at radius 3 is 2.43 bits per heavy atom. The lowest BCUT2D eigenvalue weighted by molar-refractivity contribution is -0.384. The van der Waals surface area contributed by atoms with E-state index in [2.05, 4.69) is 15.8 Å². The van der Waals surface area contributed by atoms with E-state index in [-0.39, 0.29) is 23.5 Å². The molecule has 0 radical (unpaired) electrons. The molecule has 28 heavy (non-hydrogen) atoms. The fourth-order valence-corrected chi connectivity index (χ4v) is 2.77. The van der Waals surface area contributed by atoms with Crippen molar-refractivity contribution in [1.82, 2.24) is 5.43 Å². The number of rotatable bonds is 8. The van der Waals surface area contributed by atoms with Gasteiger partial charge in [0, 0.05) is 36.7 Å². The summed E-state index contributed by atoms with van der Waals surface area (Å²) in [5.74, 6) is -0.928. The number of hydrazone groups is 1. The van der Waals surface area contributed by atoms with E-state index < -0.39 is 21.7 Å². The van der Waals surface area contributed by atoms with Crippen LogP contribution in [-0.2, 0) is 9.59 Å². The maximum absolute atomic E-state index is 11.9. The molecule has 0 aliphatic rings. The Balaban J connectivity index is 1.79. The maximum atomic E-state index is 11.9. The Kier molecular flexibility index (Phi) is 6.87. The summed E-state index contributed by atoms with van der Waals surface area (Å²) in [6.45, 7) is 1.62. The molecular formula is C16H15N5O6S. The van der Waals surface area contributed by atoms with E-state index >= 15 is 0 Å². The molecule has 11 nitrogen and oxygen atoms in total. The molecule has 0 bridgehead atoms. The average molecular weight is 405 g/mol. The second-order valence-corrected chi connectivity index (χ2v) is 6.62. The van der Waals surface area contributed by atoms with Crippen LogP contribution in [0.25, 0.3) is 0 Å². The van der Waals surface area contributed by atoms with E-state index in [1.54, 1.807) is 6.92 Å². The average Bonchev–Trinajstić information content (AvgIpc) is 3.11. The van der Waals surface area contributed by atoms with Crippen molar-refractivity contribution >= 4 is 45.7 Å². The number of carbonyl (C=O) groups is 2. The van der Waals surface area contributed by atoms with Gasteiger partial charge in [-0.2, -0.15) is 5.10 Å². The Hall–Kier alpha value is -3.67. The number of amides is 2. The molecule has 146 valence electrons. The SMILES string of the molecule is Cc1cc([N+](=O)[O-])ccc1NC(=O)CCC(=O)NN=Cc1ccc([N+](=O)[O-])s1. The molecule has 2 amide bonds. The lowest BCUT2D eigenvalue weighted by Gasteiger charge is -2.07. The fourth-order valence-electron chi connectivity index (χ4n) is 2.07. The molecule has 0 saturated heterocycles. The molecule has 1 heterocycles. The van der Waals surface area contributed by atoms with Crippen molar-refractivity contribution in [3.05, 3.63) is 61.0 Å². The summed E-state index contributed by atoms with van der Waals surface area (Å²) < 4.78 is 0. The van der Waals surface area contributed by atoms with E-state index in [9.17, 15) is 29.8 Å². The second kappa shape index (κ2) is 9.32. The molecule has 2 aromatic rings. The highest BCUT2D eigenvalue weighted by Gasteiger charge is 2.12. The number of nitro benzene ring substituents is 1. The molecule has 0 atom stereocenters. The summed E-state index contributed by atoms with van der Waals surface area (Å²) in [5, 5.41) is 27.5. The van der Waals surface area contributed by atoms with Gasteiger partial charge in [-0.1, -0.05) is 11.3 Å². The van der Waals surface area contributed by atoms with Gasteiger partial charge in [-0.05, 0) is 24.6 Å². The lowest BCUT2D eigenvalue weighted by Crippen LogP contribution is -2.20. The Bertz CT molecular complexity index is 955. The molecule has 2 rings (SSSR count). The third-order valence-electron chi connectivity index (χ3n) is 3.45. The quantitative estimate of drug-likeness (QED) is 0.390. The molecule has 0 unspecified atom stereocenters. The van der Waals surface area contributed by atoms with Gasteiger partial charge in [0.05, 0.1) is 20.9 Å². The zero-order chi connectivity index (χ0) is 20.7. The monoisotopic (exact) mass is 405 g/mol. The standard InChI is InChI=1S/C16H15N5O6S/c1-10-8-11(20(24)25)2-4-13(10)18-14(22)5-6-15(23)19-17-9-12-3-7-16(28-12)21(26)27/h2-4,7-9H,5-6H2,1H3,(H,18,22)(H,19,23). The van der Waals surface area contributed by atoms with Crippen molar-refractivity contribution in [2.45, 2.75) is 19.8 Å². The van der Waals surface area contributed by atoms with Crippen LogP contribution in [0.4, 0.5) is 16.4 Å². The highest BCUT2D eigenvalue weighted by Crippen LogP contribution is 2.22. The van der Waals surface area contributed by atoms with Crippen molar-refractivity contribution in [3.63, 3.8) is 0 Å². The van der Waals surface area contributed by atoms with Crippen LogP contribution in [-0.4, -0.2) is 27.9 Å². The van der Waals surface area contributed by atoms with E-state index in [1.165, 1.54) is 36.5 Å². The lowest BCUT2D eigenvalue weighted by atomic mass is 10.1. The normalized spacial score (nSPS) is 10.6. The van der Waals surface area contributed by atoms with Gasteiger partial charge < -0.3 is 5.32 Å². The van der Waals surface area contributed by atoms with Crippen molar-refractivity contribution < 1.29 is 19.4 Å². The summed E-state index contributed by atoms with van der Waals surface area (Å²) in [6.07, 6.45) is 1.04. The molecule has 1 aromatic heterocycles. The smallest absolute Gasteiger partial charge is 0.324 e. The molecule has 0 saturated carbocycles. The summed E-state index contributed by atoms with van der Waals surface area (Å²) >= 11 is 0.910. The number of hydrogen-bond acceptors (Lipinski definition) is 8. The van der Waals surface area contributed by atoms with Crippen LogP contribution in [0, 0.1) is 27.2 Å². The zero-order valence-electron chi connectivity index (χ0n) is 14.6. The highest BCUT2D eigenvalue weighted by atomic mass is 32.1. The molecule has 0 aliphatic heterocycles. The maximum Gasteiger partial charge on any atom is 0.324 e. The number of nitrogens with one attached hydrogen (secondary N) is 2. The second-order valence-electron chi connectivity index (χ2n) is 5.53. The van der Waals surface area contributed by atoms with Gasteiger partial charge in [0.1, 0.15) is 0 Å². The van der Waals surface area contributed by atoms with Crippen LogP contribution in [0.5, 0.6) is 0 Å². The van der Waals surface area contributed by atoms with Crippen molar-refractivity contribution in [2.24, 2.45) is 5.10 Å². The first-order valence-corrected chi connectivity index (χ1v) is 8.69. The number of hydrogen-bond donors (Lipinski definition) is 2. The molecular weight excluding hydrogens is 390 g/mol. The summed E-state index contributed by atoms with van der Waals surface area (Å²) in [6, 6.07) is 6.87. The predicted molar refractivity (Wildman–Crippen MR) is 102 cm³/mol. The van der Waals surface area contributed by atoms with Crippen LogP contribution in [0.3, 0.4) is 0 Å². The number of benzene rings is 1. The largest absolute Gasteiger partial charge is 0.326 e. The molecule has 2 N–H and O–H groups in total. The van der Waals surface area contributed by atoms with Crippen LogP contribution >= 0.6 is 11.3 Å². The van der Waals surface area contributed by atoms with E-state index in [0.717, 1.165) is 11.3 Å². The van der Waals surface area contributed by atoms with Gasteiger partial charge in [-0.25, -0.2) is 5.43 Å². The van der Waals surface area contributed by atoms with Gasteiger partial charge in [0.2, 0.25) is 11.8 Å². The van der Waals surface area contributed by atoms with Gasteiger partial charge >= 0.3 is 5.00 Å². The molecule has 0 fully saturated rings. The Labute approximate surface area is 162 Å². The summed E-state index contributed by atoms with van der Waals surface area (Å²) in [4.78, 5) is 44.4. The number of non-ortho nitro benzene ring substituents is 1. The molecule has 12 heteroatoms. The number of carbonyl (C=O) groups excluding carboxylic acids is 2. The van der Waals surface area contributed by atoms with Gasteiger partial charge in [-0.15, -0.1) is 0 Å². The van der Waals surface area contributed by atoms with Crippen molar-refractivity contribution in [3.8, 4) is 0 Å². The Morgan fingerprint density at radius 2 is 1.82 bits per heavy atom. The van der Waals surface area contributed by atoms with Gasteiger partial charge in [0.15, 0.2) is 0 Å². The minimum absolute atomic E-state index is 0.0361. The van der Waals surface area contributed by atoms with E-state index in [4.69, 9.17) is 0 Å². The minimum Gasteiger partial charge on any atom is -0.326 e. The first kappa shape index (κ1) is 20.6. The van der Waals surface area contributed by atoms with Gasteiger partial charge in [-0.3, -0.25) is 29.8 Å². The third-order valence-corrected chi connectivity index (χ3v) is 4.42. The molecule has 0 spiro atoms. The van der Waals surface area contributed by atoms with Crippen molar-refractivity contribution in [1.29, 1.82) is 0 Å². The Morgan fingerprint density at radius 1 is 1.11 bits per heavy atom. The first-order chi connectivity index (χ1) is 13.3. The van der Waals surface area contributed by atoms with Gasteiger partial charge in [0.25, 0.3) is 5.69 Å². The third kappa shape index (κ3) is 5.95. The van der Waals surface area contributed by atoms with Crippen LogP contribution in [0.15, 0.2) is 35.4 Å². The van der Waals surface area contributed by atoms with E-state index in [1.807, 2.05) is 0 Å². The number of anilines is 1. The minimum atomic E-state index is -0.530.